The van der Waals surface area contributed by atoms with Gasteiger partial charge in [-0.3, -0.25) is 4.79 Å². The van der Waals surface area contributed by atoms with Crippen molar-refractivity contribution in [3.63, 3.8) is 0 Å². The first-order valence-electron chi connectivity index (χ1n) is 7.06. The summed E-state index contributed by atoms with van der Waals surface area (Å²) in [5, 5.41) is 23.0. The number of hydrogen-bond donors (Lipinski definition) is 3. The zero-order chi connectivity index (χ0) is 17.8. The third kappa shape index (κ3) is 3.21. The zero-order valence-electron chi connectivity index (χ0n) is 12.5. The van der Waals surface area contributed by atoms with Crippen LogP contribution in [0.2, 0.25) is 0 Å². The molecule has 0 saturated heterocycles. The van der Waals surface area contributed by atoms with Crippen LogP contribution in [0.5, 0.6) is 5.88 Å². The number of fused-ring (bicyclic) bond motifs is 2. The molecule has 1 aliphatic rings. The Morgan fingerprint density at radius 3 is 2.48 bits per heavy atom. The van der Waals surface area contributed by atoms with E-state index in [1.165, 1.54) is 0 Å². The van der Waals surface area contributed by atoms with E-state index in [9.17, 15) is 10.4 Å². The Hall–Kier alpha value is -2.84. The fourth-order valence-corrected chi connectivity index (χ4v) is 2.58. The Morgan fingerprint density at radius 2 is 1.76 bits per heavy atom. The van der Waals surface area contributed by atoms with E-state index in [1.807, 2.05) is 24.3 Å². The Bertz CT molecular complexity index is 1080. The van der Waals surface area contributed by atoms with Gasteiger partial charge in [0.15, 0.2) is 5.70 Å². The number of nitrogens with zero attached hydrogens (tertiary/aromatic N) is 1. The molecule has 0 bridgehead atoms. The van der Waals surface area contributed by atoms with Crippen LogP contribution in [0.4, 0.5) is 5.69 Å². The SMILES string of the molecule is [O-]NC1=c2ccccc2=NC1=[OH+].[O-]Nc1c([O+]=[Cu])[nH]c2ccccc12. The molecule has 4 rings (SSSR count). The van der Waals surface area contributed by atoms with Gasteiger partial charge in [-0.25, -0.2) is 0 Å². The molecule has 2 aromatic carbocycles. The fraction of sp³-hybridized carbons (Fsp3) is 0. The van der Waals surface area contributed by atoms with Crippen molar-refractivity contribution in [1.29, 1.82) is 0 Å². The number of rotatable bonds is 3. The second kappa shape index (κ2) is 7.37. The van der Waals surface area contributed by atoms with Crippen molar-refractivity contribution in [2.75, 3.05) is 5.48 Å². The van der Waals surface area contributed by atoms with Gasteiger partial charge in [-0.05, 0) is 6.07 Å². The predicted octanol–water partition coefficient (Wildman–Crippen LogP) is 1.24. The van der Waals surface area contributed by atoms with E-state index in [-0.39, 0.29) is 17.5 Å². The molecule has 0 saturated carbocycles. The normalized spacial score (nSPS) is 12.2. The number of carbonyl (C=O) groups excluding carboxylic acids is 1. The van der Waals surface area contributed by atoms with Crippen LogP contribution in [0.3, 0.4) is 0 Å². The van der Waals surface area contributed by atoms with Crippen LogP contribution in [0.1, 0.15) is 0 Å². The standard InChI is InChI=1S/C8H7N2O2.C8H5N2O2.Cu/c2*11-8-7(10-12)5-3-1-2-4-6(5)9-8;/h1-4,9-11H;1-4H,(H-,9,10,11,12);/q2*-1;+2. The first kappa shape index (κ1) is 17.0. The molecule has 1 aromatic heterocycles. The van der Waals surface area contributed by atoms with Gasteiger partial charge in [-0.1, -0.05) is 18.2 Å². The molecule has 0 spiro atoms. The number of aromatic nitrogens is 1. The summed E-state index contributed by atoms with van der Waals surface area (Å²) in [4.78, 5) is 15.8. The van der Waals surface area contributed by atoms with Crippen molar-refractivity contribution in [3.8, 4) is 5.88 Å². The van der Waals surface area contributed by atoms with Crippen molar-refractivity contribution < 1.29 is 24.2 Å². The second-order valence-corrected chi connectivity index (χ2v) is 5.16. The molecule has 131 valence electrons. The molecule has 0 radical (unpaired) electrons. The van der Waals surface area contributed by atoms with E-state index in [1.54, 1.807) is 35.2 Å². The summed E-state index contributed by atoms with van der Waals surface area (Å²) in [5.74, 6) is 0.0300. The first-order chi connectivity index (χ1) is 12.2. The number of benzene rings is 2. The molecule has 1 amide bonds. The van der Waals surface area contributed by atoms with Crippen molar-refractivity contribution in [2.45, 2.75) is 0 Å². The number of para-hydroxylation sites is 2. The van der Waals surface area contributed by atoms with Crippen LogP contribution in [0.25, 0.3) is 16.6 Å². The average molecular weight is 388 g/mol. The van der Waals surface area contributed by atoms with Gasteiger partial charge in [0.2, 0.25) is 0 Å². The molecule has 4 N–H and O–H groups in total. The van der Waals surface area contributed by atoms with Crippen molar-refractivity contribution >= 4 is 28.2 Å². The van der Waals surface area contributed by atoms with E-state index < -0.39 is 0 Å². The topological polar surface area (TPSA) is 131 Å². The summed E-state index contributed by atoms with van der Waals surface area (Å²) >= 11 is 4.55. The van der Waals surface area contributed by atoms with Crippen molar-refractivity contribution in [3.05, 3.63) is 69.5 Å². The van der Waals surface area contributed by atoms with Gasteiger partial charge in [0.25, 0.3) is 0 Å². The van der Waals surface area contributed by atoms with Crippen LogP contribution < -0.4 is 21.5 Å². The Balaban J connectivity index is 0.000000146. The van der Waals surface area contributed by atoms with E-state index in [0.29, 0.717) is 16.3 Å². The number of hydroxylamine groups is 1. The average Bonchev–Trinajstić information content (AvgIpc) is 3.17. The number of H-pyrrole nitrogens is 1. The van der Waals surface area contributed by atoms with Crippen molar-refractivity contribution in [2.24, 2.45) is 4.99 Å². The Morgan fingerprint density at radius 1 is 1.04 bits per heavy atom. The molecular weight excluding hydrogens is 376 g/mol. The monoisotopic (exact) mass is 387 g/mol. The maximum atomic E-state index is 10.6. The van der Waals surface area contributed by atoms with Gasteiger partial charge in [0, 0.05) is 5.22 Å². The van der Waals surface area contributed by atoms with Crippen LogP contribution in [-0.4, -0.2) is 15.7 Å². The summed E-state index contributed by atoms with van der Waals surface area (Å²) in [6, 6.07) is 14.4. The van der Waals surface area contributed by atoms with E-state index in [0.717, 1.165) is 10.9 Å². The maximum absolute atomic E-state index is 10.6. The number of amides is 1. The van der Waals surface area contributed by atoms with Crippen LogP contribution in [-0.2, 0) is 19.4 Å². The molecule has 0 fully saturated rings. The van der Waals surface area contributed by atoms with Crippen LogP contribution in [0.15, 0.2) is 53.5 Å². The number of hydrogen-bond acceptors (Lipinski definition) is 4. The van der Waals surface area contributed by atoms with E-state index in [2.05, 4.69) is 29.4 Å². The van der Waals surface area contributed by atoms with Crippen molar-refractivity contribution in [1.82, 2.24) is 10.5 Å². The van der Waals surface area contributed by atoms with Crippen LogP contribution in [0, 0.1) is 10.4 Å². The summed E-state index contributed by atoms with van der Waals surface area (Å²) < 4.78 is 4.57. The summed E-state index contributed by atoms with van der Waals surface area (Å²) in [5.41, 5.74) is 4.76. The van der Waals surface area contributed by atoms with E-state index >= 15 is 0 Å². The molecule has 2 heterocycles. The molecule has 25 heavy (non-hydrogen) atoms. The number of anilines is 1. The van der Waals surface area contributed by atoms with Gasteiger partial charge in [-0.2, -0.15) is 4.99 Å². The molecule has 8 nitrogen and oxygen atoms in total. The van der Waals surface area contributed by atoms with Gasteiger partial charge in [0.1, 0.15) is 0 Å². The molecule has 0 atom stereocenters. The van der Waals surface area contributed by atoms with Gasteiger partial charge in [-0.15, -0.1) is 0 Å². The minimum atomic E-state index is -0.244. The molecule has 0 unspecified atom stereocenters. The summed E-state index contributed by atoms with van der Waals surface area (Å²) in [7, 11) is 0. The van der Waals surface area contributed by atoms with Gasteiger partial charge >= 0.3 is 87.7 Å². The third-order valence-corrected chi connectivity index (χ3v) is 3.75. The zero-order valence-corrected chi connectivity index (χ0v) is 13.5. The second-order valence-electron chi connectivity index (χ2n) is 4.97. The minimum absolute atomic E-state index is 0.144. The first-order valence-corrected chi connectivity index (χ1v) is 7.45. The summed E-state index contributed by atoms with van der Waals surface area (Å²) in [6.45, 7) is 0. The number of nitrogens with one attached hydrogen (secondary N) is 3. The molecule has 3 aromatic rings. The fourth-order valence-electron chi connectivity index (χ4n) is 2.44. The predicted molar refractivity (Wildman–Crippen MR) is 89.5 cm³/mol. The summed E-state index contributed by atoms with van der Waals surface area (Å²) in [6.07, 6.45) is 0. The van der Waals surface area contributed by atoms with Gasteiger partial charge in [0.05, 0.1) is 5.36 Å². The van der Waals surface area contributed by atoms with Crippen LogP contribution >= 0.6 is 0 Å². The quantitative estimate of drug-likeness (QED) is 0.354. The third-order valence-electron chi connectivity index (χ3n) is 3.56. The molecule has 1 aliphatic heterocycles. The van der Waals surface area contributed by atoms with E-state index in [4.69, 9.17) is 4.79 Å². The molecule has 0 aliphatic carbocycles. The Kier molecular flexibility index (Phi) is 5.01. The Labute approximate surface area is 149 Å². The molecular formula is C16H12CuN4O4. The molecule has 9 heteroatoms. The number of aromatic amines is 1. The van der Waals surface area contributed by atoms with Gasteiger partial charge < -0.3 is 10.7 Å².